The third kappa shape index (κ3) is 3.50. The van der Waals surface area contributed by atoms with Crippen LogP contribution in [0.3, 0.4) is 0 Å². The number of aromatic nitrogens is 3. The molecule has 4 rings (SSSR count). The topological polar surface area (TPSA) is 98.1 Å². The van der Waals surface area contributed by atoms with Gasteiger partial charge in [-0.25, -0.2) is 4.79 Å². The molecule has 8 nitrogen and oxygen atoms in total. The Morgan fingerprint density at radius 1 is 1.07 bits per heavy atom. The smallest absolute Gasteiger partial charge is 0.329 e. The first kappa shape index (κ1) is 19.3. The lowest BCUT2D eigenvalue weighted by Crippen LogP contribution is -2.36. The van der Waals surface area contributed by atoms with E-state index in [2.05, 4.69) is 10.3 Å². The lowest BCUT2D eigenvalue weighted by Gasteiger charge is -2.07. The van der Waals surface area contributed by atoms with Gasteiger partial charge >= 0.3 is 5.69 Å². The van der Waals surface area contributed by atoms with E-state index in [1.807, 2.05) is 30.3 Å². The number of nitrogens with zero attached hydrogens (tertiary/aromatic N) is 2. The van der Waals surface area contributed by atoms with Crippen LogP contribution in [-0.4, -0.2) is 27.1 Å². The van der Waals surface area contributed by atoms with Crippen LogP contribution in [-0.2, 0) is 13.6 Å². The van der Waals surface area contributed by atoms with E-state index in [4.69, 9.17) is 4.74 Å². The van der Waals surface area contributed by atoms with Crippen LogP contribution in [0, 0.1) is 0 Å². The van der Waals surface area contributed by atoms with E-state index in [1.165, 1.54) is 6.20 Å². The number of benzene rings is 2. The first-order valence-electron chi connectivity index (χ1n) is 9.29. The first-order valence-corrected chi connectivity index (χ1v) is 9.29. The summed E-state index contributed by atoms with van der Waals surface area (Å²) in [6, 6.07) is 16.1. The largest absolute Gasteiger partial charge is 0.497 e. The van der Waals surface area contributed by atoms with Crippen molar-refractivity contribution in [1.29, 1.82) is 0 Å². The number of rotatable bonds is 5. The molecule has 0 unspecified atom stereocenters. The molecular formula is C22H20N4O4. The Kier molecular flexibility index (Phi) is 4.97. The second-order valence-electron chi connectivity index (χ2n) is 6.87. The molecule has 0 atom stereocenters. The molecular weight excluding hydrogens is 384 g/mol. The number of aromatic amines is 1. The number of hydrogen-bond donors (Lipinski definition) is 2. The van der Waals surface area contributed by atoms with Gasteiger partial charge in [-0.15, -0.1) is 0 Å². The molecule has 0 aliphatic carbocycles. The molecule has 0 saturated heterocycles. The highest BCUT2D eigenvalue weighted by atomic mass is 16.5. The molecule has 8 heteroatoms. The maximum Gasteiger partial charge on any atom is 0.329 e. The second-order valence-corrected chi connectivity index (χ2v) is 6.87. The predicted octanol–water partition coefficient (Wildman–Crippen LogP) is 2.34. The summed E-state index contributed by atoms with van der Waals surface area (Å²) in [5, 5.41) is 2.77. The van der Waals surface area contributed by atoms with Crippen molar-refractivity contribution in [3.8, 4) is 5.75 Å². The number of methoxy groups -OCH3 is 1. The molecule has 0 bridgehead atoms. The number of ether oxygens (including phenoxy) is 1. The number of fused-ring (bicyclic) bond motifs is 1. The van der Waals surface area contributed by atoms with Crippen molar-refractivity contribution in [3.05, 3.63) is 92.8 Å². The van der Waals surface area contributed by atoms with Crippen LogP contribution in [0.15, 0.2) is 70.4 Å². The van der Waals surface area contributed by atoms with E-state index >= 15 is 0 Å². The van der Waals surface area contributed by atoms with Gasteiger partial charge in [-0.1, -0.05) is 30.3 Å². The van der Waals surface area contributed by atoms with Gasteiger partial charge in [0.1, 0.15) is 11.3 Å². The zero-order valence-corrected chi connectivity index (χ0v) is 16.5. The lowest BCUT2D eigenvalue weighted by molar-refractivity contribution is 0.102. The summed E-state index contributed by atoms with van der Waals surface area (Å²) in [5.41, 5.74) is 1.05. The van der Waals surface area contributed by atoms with E-state index in [9.17, 15) is 14.4 Å². The summed E-state index contributed by atoms with van der Waals surface area (Å²) in [5.74, 6) is 0.239. The van der Waals surface area contributed by atoms with Crippen molar-refractivity contribution in [2.45, 2.75) is 6.54 Å². The Balaban J connectivity index is 1.72. The van der Waals surface area contributed by atoms with Gasteiger partial charge in [0.15, 0.2) is 0 Å². The summed E-state index contributed by atoms with van der Waals surface area (Å²) in [7, 11) is 3.23. The Hall–Kier alpha value is -4.07. The summed E-state index contributed by atoms with van der Waals surface area (Å²) in [6.07, 6.45) is 1.54. The highest BCUT2D eigenvalue weighted by Gasteiger charge is 2.20. The van der Waals surface area contributed by atoms with E-state index in [-0.39, 0.29) is 23.1 Å². The van der Waals surface area contributed by atoms with Crippen molar-refractivity contribution in [2.75, 3.05) is 12.4 Å². The van der Waals surface area contributed by atoms with Gasteiger partial charge in [0.25, 0.3) is 11.5 Å². The van der Waals surface area contributed by atoms with Gasteiger partial charge < -0.3 is 19.6 Å². The Bertz CT molecular complexity index is 1330. The van der Waals surface area contributed by atoms with E-state index < -0.39 is 17.2 Å². The maximum atomic E-state index is 13.0. The molecule has 152 valence electrons. The summed E-state index contributed by atoms with van der Waals surface area (Å²) in [6.45, 7) is 0.142. The molecule has 0 saturated carbocycles. The zero-order valence-electron chi connectivity index (χ0n) is 16.5. The minimum atomic E-state index is -0.568. The van der Waals surface area contributed by atoms with Crippen molar-refractivity contribution in [1.82, 2.24) is 14.1 Å². The van der Waals surface area contributed by atoms with Gasteiger partial charge in [0.2, 0.25) is 0 Å². The SMILES string of the molecule is COc1ccc(NC(=O)c2cn(C)c3c(=O)n(Cc4ccccc4)c(=O)[nH]c23)cc1. The first-order chi connectivity index (χ1) is 14.5. The van der Waals surface area contributed by atoms with Crippen LogP contribution >= 0.6 is 0 Å². The third-order valence-electron chi connectivity index (χ3n) is 4.88. The lowest BCUT2D eigenvalue weighted by atomic mass is 10.2. The monoisotopic (exact) mass is 404 g/mol. The normalized spacial score (nSPS) is 10.9. The maximum absolute atomic E-state index is 13.0. The number of carbonyl (C=O) groups excluding carboxylic acids is 1. The fraction of sp³-hybridized carbons (Fsp3) is 0.136. The highest BCUT2D eigenvalue weighted by Crippen LogP contribution is 2.19. The molecule has 2 N–H and O–H groups in total. The van der Waals surface area contributed by atoms with Gasteiger partial charge in [-0.2, -0.15) is 0 Å². The summed E-state index contributed by atoms with van der Waals surface area (Å²) >= 11 is 0. The van der Waals surface area contributed by atoms with Gasteiger partial charge in [-0.05, 0) is 29.8 Å². The van der Waals surface area contributed by atoms with Crippen molar-refractivity contribution >= 4 is 22.6 Å². The number of hydrogen-bond acceptors (Lipinski definition) is 4. The number of nitrogens with one attached hydrogen (secondary N) is 2. The molecule has 1 amide bonds. The molecule has 0 spiro atoms. The van der Waals surface area contributed by atoms with Gasteiger partial charge in [-0.3, -0.25) is 14.2 Å². The van der Waals surface area contributed by atoms with Crippen molar-refractivity contribution in [2.24, 2.45) is 7.05 Å². The van der Waals surface area contributed by atoms with E-state index in [0.717, 1.165) is 10.1 Å². The number of carbonyl (C=O) groups is 1. The Morgan fingerprint density at radius 2 is 1.77 bits per heavy atom. The number of aryl methyl sites for hydroxylation is 1. The molecule has 0 aliphatic rings. The van der Waals surface area contributed by atoms with E-state index in [0.29, 0.717) is 11.4 Å². The quantitative estimate of drug-likeness (QED) is 0.533. The molecule has 2 aromatic carbocycles. The fourth-order valence-corrected chi connectivity index (χ4v) is 3.36. The molecule has 0 fully saturated rings. The molecule has 0 radical (unpaired) electrons. The van der Waals surface area contributed by atoms with Crippen molar-refractivity contribution < 1.29 is 9.53 Å². The van der Waals surface area contributed by atoms with Gasteiger partial charge in [0, 0.05) is 18.9 Å². The number of anilines is 1. The average molecular weight is 404 g/mol. The van der Waals surface area contributed by atoms with E-state index in [1.54, 1.807) is 43.0 Å². The zero-order chi connectivity index (χ0) is 21.3. The second kappa shape index (κ2) is 7.75. The standard InChI is InChI=1S/C22H20N4O4/c1-25-13-17(20(27)23-15-8-10-16(30-2)11-9-15)18-19(25)21(28)26(22(29)24-18)12-14-6-4-3-5-7-14/h3-11,13H,12H2,1-2H3,(H,23,27)(H,24,29). The van der Waals surface area contributed by atoms with Crippen LogP contribution in [0.25, 0.3) is 11.0 Å². The fourth-order valence-electron chi connectivity index (χ4n) is 3.36. The Morgan fingerprint density at radius 3 is 2.43 bits per heavy atom. The highest BCUT2D eigenvalue weighted by molar-refractivity contribution is 6.11. The Labute approximate surface area is 171 Å². The molecule has 2 aromatic heterocycles. The van der Waals surface area contributed by atoms with Crippen LogP contribution in [0.5, 0.6) is 5.75 Å². The van der Waals surface area contributed by atoms with Crippen LogP contribution in [0.4, 0.5) is 5.69 Å². The number of H-pyrrole nitrogens is 1. The van der Waals surface area contributed by atoms with Crippen LogP contribution < -0.4 is 21.3 Å². The summed E-state index contributed by atoms with van der Waals surface area (Å²) < 4.78 is 7.79. The van der Waals surface area contributed by atoms with Crippen molar-refractivity contribution in [3.63, 3.8) is 0 Å². The molecule has 30 heavy (non-hydrogen) atoms. The van der Waals surface area contributed by atoms with Gasteiger partial charge in [0.05, 0.1) is 24.7 Å². The minimum Gasteiger partial charge on any atom is -0.497 e. The average Bonchev–Trinajstić information content (AvgIpc) is 3.08. The number of amides is 1. The predicted molar refractivity (Wildman–Crippen MR) is 114 cm³/mol. The third-order valence-corrected chi connectivity index (χ3v) is 4.88. The molecule has 4 aromatic rings. The molecule has 2 heterocycles. The van der Waals surface area contributed by atoms with Crippen LogP contribution in [0.1, 0.15) is 15.9 Å². The summed E-state index contributed by atoms with van der Waals surface area (Å²) in [4.78, 5) is 41.1. The molecule has 0 aliphatic heterocycles. The van der Waals surface area contributed by atoms with Crippen LogP contribution in [0.2, 0.25) is 0 Å². The minimum absolute atomic E-state index is 0.142.